The molecule has 0 saturated heterocycles. The van der Waals surface area contributed by atoms with Crippen molar-refractivity contribution in [2.75, 3.05) is 6.54 Å². The fourth-order valence-electron chi connectivity index (χ4n) is 3.21. The van der Waals surface area contributed by atoms with Gasteiger partial charge in [0.15, 0.2) is 0 Å². The molecule has 4 aromatic rings. The molecular weight excluding hydrogens is 312 g/mol. The summed E-state index contributed by atoms with van der Waals surface area (Å²) in [4.78, 5) is 17.1. The summed E-state index contributed by atoms with van der Waals surface area (Å²) in [5.41, 5.74) is 3.83. The number of imidazole rings is 1. The van der Waals surface area contributed by atoms with Crippen LogP contribution in [0.15, 0.2) is 54.7 Å². The summed E-state index contributed by atoms with van der Waals surface area (Å²) in [6.07, 6.45) is 2.70. The maximum absolute atomic E-state index is 12.4. The van der Waals surface area contributed by atoms with Crippen LogP contribution in [0.1, 0.15) is 16.2 Å². The van der Waals surface area contributed by atoms with Crippen molar-refractivity contribution in [1.29, 1.82) is 0 Å². The second-order valence-corrected chi connectivity index (χ2v) is 6.28. The van der Waals surface area contributed by atoms with Crippen LogP contribution in [0, 0.1) is 0 Å². The van der Waals surface area contributed by atoms with Gasteiger partial charge in [0.1, 0.15) is 5.82 Å². The molecule has 126 valence electrons. The van der Waals surface area contributed by atoms with Crippen molar-refractivity contribution < 1.29 is 4.79 Å². The average Bonchev–Trinajstić information content (AvgIpc) is 3.16. The lowest BCUT2D eigenvalue weighted by molar-refractivity contribution is 0.0954. The second-order valence-electron chi connectivity index (χ2n) is 6.28. The van der Waals surface area contributed by atoms with Crippen LogP contribution < -0.4 is 5.32 Å². The first-order valence-corrected chi connectivity index (χ1v) is 8.37. The van der Waals surface area contributed by atoms with Crippen molar-refractivity contribution in [2.45, 2.75) is 6.42 Å². The topological polar surface area (TPSA) is 51.9 Å². The molecule has 0 radical (unpaired) electrons. The van der Waals surface area contributed by atoms with Gasteiger partial charge < -0.3 is 14.5 Å². The van der Waals surface area contributed by atoms with Gasteiger partial charge in [-0.1, -0.05) is 18.2 Å². The maximum atomic E-state index is 12.4. The number of carbonyl (C=O) groups excluding carboxylic acids is 1. The van der Waals surface area contributed by atoms with Crippen molar-refractivity contribution in [3.05, 3.63) is 66.1 Å². The molecule has 2 aromatic heterocycles. The zero-order valence-corrected chi connectivity index (χ0v) is 14.4. The first-order chi connectivity index (χ1) is 12.1. The van der Waals surface area contributed by atoms with E-state index in [1.54, 1.807) is 0 Å². The predicted octanol–water partition coefficient (Wildman–Crippen LogP) is 3.04. The Morgan fingerprint density at radius 3 is 2.76 bits per heavy atom. The minimum absolute atomic E-state index is 0.0538. The van der Waals surface area contributed by atoms with Crippen molar-refractivity contribution >= 4 is 27.8 Å². The number of aryl methyl sites for hydroxylation is 2. The highest BCUT2D eigenvalue weighted by atomic mass is 16.1. The quantitative estimate of drug-likeness (QED) is 0.624. The molecule has 2 aromatic carbocycles. The number of rotatable bonds is 4. The highest BCUT2D eigenvalue weighted by Gasteiger charge is 2.10. The number of para-hydroxylation sites is 2. The van der Waals surface area contributed by atoms with Gasteiger partial charge in [0, 0.05) is 44.3 Å². The van der Waals surface area contributed by atoms with Crippen LogP contribution in [0.4, 0.5) is 0 Å². The molecule has 0 aliphatic rings. The van der Waals surface area contributed by atoms with E-state index in [4.69, 9.17) is 0 Å². The Morgan fingerprint density at radius 2 is 1.92 bits per heavy atom. The number of benzene rings is 2. The van der Waals surface area contributed by atoms with Crippen LogP contribution in [0.3, 0.4) is 0 Å². The van der Waals surface area contributed by atoms with Gasteiger partial charge in [-0.25, -0.2) is 4.98 Å². The molecule has 5 nitrogen and oxygen atoms in total. The monoisotopic (exact) mass is 332 g/mol. The molecule has 0 fully saturated rings. The number of amides is 1. The molecule has 4 rings (SSSR count). The Bertz CT molecular complexity index is 1070. The van der Waals surface area contributed by atoms with Gasteiger partial charge >= 0.3 is 0 Å². The molecule has 25 heavy (non-hydrogen) atoms. The number of hydrogen-bond donors (Lipinski definition) is 1. The third kappa shape index (κ3) is 2.78. The van der Waals surface area contributed by atoms with E-state index in [1.165, 1.54) is 0 Å². The highest BCUT2D eigenvalue weighted by Crippen LogP contribution is 2.17. The summed E-state index contributed by atoms with van der Waals surface area (Å²) in [5.74, 6) is 0.918. The number of fused-ring (bicyclic) bond motifs is 2. The van der Waals surface area contributed by atoms with Crippen molar-refractivity contribution in [3.63, 3.8) is 0 Å². The number of nitrogens with zero attached hydrogens (tertiary/aromatic N) is 3. The van der Waals surface area contributed by atoms with Crippen molar-refractivity contribution in [2.24, 2.45) is 14.1 Å². The van der Waals surface area contributed by atoms with Gasteiger partial charge in [-0.05, 0) is 35.7 Å². The van der Waals surface area contributed by atoms with Crippen molar-refractivity contribution in [1.82, 2.24) is 19.4 Å². The van der Waals surface area contributed by atoms with Gasteiger partial charge in [0.2, 0.25) is 0 Å². The summed E-state index contributed by atoms with van der Waals surface area (Å²) in [5, 5.41) is 4.13. The summed E-state index contributed by atoms with van der Waals surface area (Å²) in [7, 11) is 3.99. The smallest absolute Gasteiger partial charge is 0.251 e. The van der Waals surface area contributed by atoms with E-state index < -0.39 is 0 Å². The Kier molecular flexibility index (Phi) is 3.76. The van der Waals surface area contributed by atoms with E-state index in [0.717, 1.165) is 27.8 Å². The van der Waals surface area contributed by atoms with Crippen LogP contribution in [0.2, 0.25) is 0 Å². The van der Waals surface area contributed by atoms with Crippen LogP contribution >= 0.6 is 0 Å². The van der Waals surface area contributed by atoms with Crippen molar-refractivity contribution in [3.8, 4) is 0 Å². The molecule has 0 atom stereocenters. The maximum Gasteiger partial charge on any atom is 0.251 e. The minimum Gasteiger partial charge on any atom is -0.352 e. The largest absolute Gasteiger partial charge is 0.352 e. The summed E-state index contributed by atoms with van der Waals surface area (Å²) < 4.78 is 4.10. The zero-order valence-electron chi connectivity index (χ0n) is 14.4. The first kappa shape index (κ1) is 15.4. The van der Waals surface area contributed by atoms with Crippen LogP contribution in [-0.4, -0.2) is 26.6 Å². The molecule has 1 N–H and O–H groups in total. The van der Waals surface area contributed by atoms with E-state index in [1.807, 2.05) is 67.3 Å². The molecular formula is C20H20N4O. The molecule has 0 saturated carbocycles. The molecule has 5 heteroatoms. The fraction of sp³-hybridized carbons (Fsp3) is 0.200. The predicted molar refractivity (Wildman–Crippen MR) is 99.7 cm³/mol. The number of carbonyl (C=O) groups is 1. The minimum atomic E-state index is -0.0538. The molecule has 0 unspecified atom stereocenters. The molecule has 0 bridgehead atoms. The van der Waals surface area contributed by atoms with Crippen LogP contribution in [0.25, 0.3) is 21.9 Å². The summed E-state index contributed by atoms with van der Waals surface area (Å²) in [6, 6.07) is 15.9. The van der Waals surface area contributed by atoms with E-state index in [0.29, 0.717) is 18.5 Å². The number of hydrogen-bond acceptors (Lipinski definition) is 2. The molecule has 0 aliphatic carbocycles. The Balaban J connectivity index is 1.45. The highest BCUT2D eigenvalue weighted by molar-refractivity contribution is 5.98. The lowest BCUT2D eigenvalue weighted by atomic mass is 10.1. The van der Waals surface area contributed by atoms with E-state index >= 15 is 0 Å². The second kappa shape index (κ2) is 6.09. The van der Waals surface area contributed by atoms with E-state index in [9.17, 15) is 4.79 Å². The molecule has 0 aliphatic heterocycles. The van der Waals surface area contributed by atoms with Gasteiger partial charge in [0.25, 0.3) is 5.91 Å². The average molecular weight is 332 g/mol. The Morgan fingerprint density at radius 1 is 1.08 bits per heavy atom. The Hall–Kier alpha value is -3.08. The lowest BCUT2D eigenvalue weighted by Gasteiger charge is -2.06. The summed E-state index contributed by atoms with van der Waals surface area (Å²) in [6.45, 7) is 0.557. The van der Waals surface area contributed by atoms with Gasteiger partial charge in [-0.3, -0.25) is 4.79 Å². The number of aromatic nitrogens is 3. The Labute approximate surface area is 145 Å². The molecule has 0 spiro atoms. The SMILES string of the molecule is Cn1ccc2ccc(C(=O)NCCc3nc4ccccc4n3C)cc21. The first-order valence-electron chi connectivity index (χ1n) is 8.37. The molecule has 1 amide bonds. The van der Waals surface area contributed by atoms with Crippen LogP contribution in [0.5, 0.6) is 0 Å². The van der Waals surface area contributed by atoms with Crippen LogP contribution in [-0.2, 0) is 20.5 Å². The van der Waals surface area contributed by atoms with Gasteiger partial charge in [-0.15, -0.1) is 0 Å². The van der Waals surface area contributed by atoms with E-state index in [2.05, 4.69) is 20.9 Å². The number of nitrogens with one attached hydrogen (secondary N) is 1. The normalized spacial score (nSPS) is 11.3. The third-order valence-electron chi connectivity index (χ3n) is 4.66. The fourth-order valence-corrected chi connectivity index (χ4v) is 3.21. The third-order valence-corrected chi connectivity index (χ3v) is 4.66. The molecule has 2 heterocycles. The standard InChI is InChI=1S/C20H20N4O/c1-23-12-10-14-7-8-15(13-18(14)23)20(25)21-11-9-19-22-16-5-3-4-6-17(16)24(19)2/h3-8,10,12-13H,9,11H2,1-2H3,(H,21,25). The zero-order chi connectivity index (χ0) is 17.4. The van der Waals surface area contributed by atoms with Gasteiger partial charge in [0.05, 0.1) is 11.0 Å². The summed E-state index contributed by atoms with van der Waals surface area (Å²) >= 11 is 0. The van der Waals surface area contributed by atoms with E-state index in [-0.39, 0.29) is 5.91 Å². The lowest BCUT2D eigenvalue weighted by Crippen LogP contribution is -2.26. The van der Waals surface area contributed by atoms with Gasteiger partial charge in [-0.2, -0.15) is 0 Å².